The molecule has 1 fully saturated rings. The predicted octanol–water partition coefficient (Wildman–Crippen LogP) is 4.11. The molecule has 0 saturated carbocycles. The highest BCUT2D eigenvalue weighted by molar-refractivity contribution is 5.71. The molecule has 1 unspecified atom stereocenters. The second-order valence-corrected chi connectivity index (χ2v) is 6.38. The summed E-state index contributed by atoms with van der Waals surface area (Å²) in [7, 11) is 0. The van der Waals surface area contributed by atoms with E-state index in [1.165, 1.54) is 0 Å². The lowest BCUT2D eigenvalue weighted by atomic mass is 9.99. The summed E-state index contributed by atoms with van der Waals surface area (Å²) in [5.74, 6) is 0.758. The third kappa shape index (κ3) is 3.03. The summed E-state index contributed by atoms with van der Waals surface area (Å²) in [5, 5.41) is 18.6. The van der Waals surface area contributed by atoms with Crippen LogP contribution in [-0.4, -0.2) is 26.6 Å². The highest BCUT2D eigenvalue weighted by Gasteiger charge is 2.28. The highest BCUT2D eigenvalue weighted by atomic mass is 16.6. The third-order valence-corrected chi connectivity index (χ3v) is 4.78. The molecular formula is C19H19N5O2. The standard InChI is InChI=1S/C19H19N5O2/c25-24(26)17-9-10-18(21-19(17)14-6-2-1-3-7-14)23-13-5-4-8-16(23)15-11-12-20-22-15/h1-3,6-7,9-12,16H,4-5,8,13H2,(H,20,22). The molecule has 0 amide bonds. The summed E-state index contributed by atoms with van der Waals surface area (Å²) in [6, 6.07) is 14.8. The maximum Gasteiger partial charge on any atom is 0.295 e. The SMILES string of the molecule is O=[N+]([O-])c1ccc(N2CCCCC2c2ccn[nH]2)nc1-c1ccccc1. The zero-order valence-electron chi connectivity index (χ0n) is 14.2. The summed E-state index contributed by atoms with van der Waals surface area (Å²) in [5.41, 5.74) is 2.22. The fourth-order valence-corrected chi connectivity index (χ4v) is 3.54. The molecule has 1 aliphatic heterocycles. The van der Waals surface area contributed by atoms with Crippen molar-refractivity contribution in [2.75, 3.05) is 11.4 Å². The lowest BCUT2D eigenvalue weighted by molar-refractivity contribution is -0.384. The molecule has 7 heteroatoms. The Morgan fingerprint density at radius 1 is 1.12 bits per heavy atom. The number of aromatic nitrogens is 3. The third-order valence-electron chi connectivity index (χ3n) is 4.78. The van der Waals surface area contributed by atoms with Crippen LogP contribution in [0.1, 0.15) is 31.0 Å². The molecule has 7 nitrogen and oxygen atoms in total. The van der Waals surface area contributed by atoms with Gasteiger partial charge in [0.15, 0.2) is 5.69 Å². The summed E-state index contributed by atoms with van der Waals surface area (Å²) in [6.45, 7) is 0.864. The van der Waals surface area contributed by atoms with Crippen molar-refractivity contribution < 1.29 is 4.92 Å². The number of piperidine rings is 1. The number of aromatic amines is 1. The second kappa shape index (κ2) is 6.95. The number of nitro groups is 1. The van der Waals surface area contributed by atoms with Crippen LogP contribution in [0.15, 0.2) is 54.7 Å². The molecule has 1 aliphatic rings. The topological polar surface area (TPSA) is 88.0 Å². The van der Waals surface area contributed by atoms with Gasteiger partial charge in [-0.25, -0.2) is 4.98 Å². The van der Waals surface area contributed by atoms with E-state index >= 15 is 0 Å². The van der Waals surface area contributed by atoms with Crippen molar-refractivity contribution in [3.63, 3.8) is 0 Å². The van der Waals surface area contributed by atoms with Crippen molar-refractivity contribution in [1.82, 2.24) is 15.2 Å². The van der Waals surface area contributed by atoms with Gasteiger partial charge in [-0.1, -0.05) is 30.3 Å². The monoisotopic (exact) mass is 349 g/mol. The van der Waals surface area contributed by atoms with Crippen LogP contribution in [0.3, 0.4) is 0 Å². The molecule has 0 radical (unpaired) electrons. The van der Waals surface area contributed by atoms with Gasteiger partial charge in [0.1, 0.15) is 5.82 Å². The Morgan fingerprint density at radius 2 is 1.96 bits per heavy atom. The van der Waals surface area contributed by atoms with Gasteiger partial charge in [-0.05, 0) is 31.4 Å². The predicted molar refractivity (Wildman–Crippen MR) is 98.9 cm³/mol. The van der Waals surface area contributed by atoms with E-state index in [0.29, 0.717) is 5.69 Å². The number of hydrogen-bond acceptors (Lipinski definition) is 5. The van der Waals surface area contributed by atoms with Crippen LogP contribution in [0.25, 0.3) is 11.3 Å². The van der Waals surface area contributed by atoms with Crippen molar-refractivity contribution in [1.29, 1.82) is 0 Å². The van der Waals surface area contributed by atoms with E-state index in [4.69, 9.17) is 4.98 Å². The number of anilines is 1. The van der Waals surface area contributed by atoms with Crippen LogP contribution < -0.4 is 4.90 Å². The zero-order valence-corrected chi connectivity index (χ0v) is 14.2. The first kappa shape index (κ1) is 16.3. The average molecular weight is 349 g/mol. The first-order valence-electron chi connectivity index (χ1n) is 8.71. The number of rotatable bonds is 4. The summed E-state index contributed by atoms with van der Waals surface area (Å²) in [4.78, 5) is 18.0. The van der Waals surface area contributed by atoms with Gasteiger partial charge in [-0.3, -0.25) is 15.2 Å². The van der Waals surface area contributed by atoms with Gasteiger partial charge in [0, 0.05) is 24.4 Å². The number of pyridine rings is 1. The van der Waals surface area contributed by atoms with Crippen LogP contribution in [0.2, 0.25) is 0 Å². The van der Waals surface area contributed by atoms with E-state index < -0.39 is 0 Å². The van der Waals surface area contributed by atoms with Gasteiger partial charge in [0.2, 0.25) is 0 Å². The smallest absolute Gasteiger partial charge is 0.295 e. The van der Waals surface area contributed by atoms with E-state index in [9.17, 15) is 10.1 Å². The van der Waals surface area contributed by atoms with E-state index in [1.54, 1.807) is 18.3 Å². The van der Waals surface area contributed by atoms with E-state index in [1.807, 2.05) is 36.4 Å². The minimum atomic E-state index is -0.373. The van der Waals surface area contributed by atoms with Gasteiger partial charge in [-0.15, -0.1) is 0 Å². The lowest BCUT2D eigenvalue weighted by Gasteiger charge is -2.36. The van der Waals surface area contributed by atoms with Gasteiger partial charge in [0.25, 0.3) is 5.69 Å². The maximum absolute atomic E-state index is 11.5. The Balaban J connectivity index is 1.78. The summed E-state index contributed by atoms with van der Waals surface area (Å²) in [6.07, 6.45) is 4.96. The molecule has 1 N–H and O–H groups in total. The van der Waals surface area contributed by atoms with Crippen LogP contribution in [0, 0.1) is 10.1 Å². The van der Waals surface area contributed by atoms with E-state index in [0.717, 1.165) is 42.9 Å². The molecule has 132 valence electrons. The number of benzene rings is 1. The first-order chi connectivity index (χ1) is 12.7. The Bertz CT molecular complexity index is 896. The number of nitrogens with one attached hydrogen (secondary N) is 1. The molecule has 3 aromatic rings. The lowest BCUT2D eigenvalue weighted by Crippen LogP contribution is -2.34. The first-order valence-corrected chi connectivity index (χ1v) is 8.71. The Kier molecular flexibility index (Phi) is 4.35. The highest BCUT2D eigenvalue weighted by Crippen LogP contribution is 2.36. The molecule has 4 rings (SSSR count). The van der Waals surface area contributed by atoms with Crippen molar-refractivity contribution in [2.45, 2.75) is 25.3 Å². The minimum absolute atomic E-state index is 0.0232. The van der Waals surface area contributed by atoms with Crippen molar-refractivity contribution in [3.05, 3.63) is 70.5 Å². The minimum Gasteiger partial charge on any atom is -0.348 e. The van der Waals surface area contributed by atoms with E-state index in [-0.39, 0.29) is 16.7 Å². The molecular weight excluding hydrogens is 330 g/mol. The average Bonchev–Trinajstić information content (AvgIpc) is 3.23. The van der Waals surface area contributed by atoms with Gasteiger partial charge in [0.05, 0.1) is 16.7 Å². The molecule has 0 bridgehead atoms. The number of nitrogens with zero attached hydrogens (tertiary/aromatic N) is 4. The van der Waals surface area contributed by atoms with Gasteiger partial charge in [-0.2, -0.15) is 5.10 Å². The fraction of sp³-hybridized carbons (Fsp3) is 0.263. The Morgan fingerprint density at radius 3 is 2.69 bits per heavy atom. The second-order valence-electron chi connectivity index (χ2n) is 6.38. The molecule has 2 aromatic heterocycles. The normalized spacial score (nSPS) is 17.2. The maximum atomic E-state index is 11.5. The molecule has 3 heterocycles. The van der Waals surface area contributed by atoms with Crippen molar-refractivity contribution >= 4 is 11.5 Å². The molecule has 1 aromatic carbocycles. The Labute approximate surface area is 150 Å². The van der Waals surface area contributed by atoms with Crippen molar-refractivity contribution in [2.24, 2.45) is 0 Å². The van der Waals surface area contributed by atoms with Crippen LogP contribution >= 0.6 is 0 Å². The molecule has 0 spiro atoms. The molecule has 1 atom stereocenters. The van der Waals surface area contributed by atoms with Crippen molar-refractivity contribution in [3.8, 4) is 11.3 Å². The fourth-order valence-electron chi connectivity index (χ4n) is 3.54. The number of H-pyrrole nitrogens is 1. The number of hydrogen-bond donors (Lipinski definition) is 1. The largest absolute Gasteiger partial charge is 0.348 e. The van der Waals surface area contributed by atoms with E-state index in [2.05, 4.69) is 15.1 Å². The van der Waals surface area contributed by atoms with Gasteiger partial charge < -0.3 is 4.90 Å². The zero-order chi connectivity index (χ0) is 17.9. The van der Waals surface area contributed by atoms with Crippen LogP contribution in [-0.2, 0) is 0 Å². The Hall–Kier alpha value is -3.22. The molecule has 1 saturated heterocycles. The van der Waals surface area contributed by atoms with Crippen LogP contribution in [0.5, 0.6) is 0 Å². The molecule has 0 aliphatic carbocycles. The van der Waals surface area contributed by atoms with Gasteiger partial charge >= 0.3 is 0 Å². The quantitative estimate of drug-likeness (QED) is 0.565. The summed E-state index contributed by atoms with van der Waals surface area (Å²) < 4.78 is 0. The molecule has 26 heavy (non-hydrogen) atoms. The summed E-state index contributed by atoms with van der Waals surface area (Å²) >= 11 is 0. The van der Waals surface area contributed by atoms with Crippen LogP contribution in [0.4, 0.5) is 11.5 Å².